The molecule has 4 heteroatoms. The van der Waals surface area contributed by atoms with E-state index in [0.717, 1.165) is 18.1 Å². The second kappa shape index (κ2) is 4.91. The van der Waals surface area contributed by atoms with Crippen molar-refractivity contribution in [1.82, 2.24) is 10.2 Å². The summed E-state index contributed by atoms with van der Waals surface area (Å²) in [5.74, 6) is 1.37. The van der Waals surface area contributed by atoms with E-state index < -0.39 is 0 Å². The maximum absolute atomic E-state index is 5.56. The van der Waals surface area contributed by atoms with Crippen molar-refractivity contribution in [2.45, 2.75) is 13.8 Å². The predicted molar refractivity (Wildman–Crippen MR) is 58.3 cm³/mol. The van der Waals surface area contributed by atoms with E-state index in [-0.39, 0.29) is 0 Å². The van der Waals surface area contributed by atoms with Gasteiger partial charge in [-0.2, -0.15) is 5.10 Å². The Bertz CT molecular complexity index is 270. The Morgan fingerprint density at radius 2 is 2.14 bits per heavy atom. The van der Waals surface area contributed by atoms with Crippen LogP contribution < -0.4 is 10.6 Å². The minimum Gasteiger partial charge on any atom is -0.358 e. The van der Waals surface area contributed by atoms with Crippen molar-refractivity contribution < 1.29 is 0 Å². The lowest BCUT2D eigenvalue weighted by atomic mass is 10.2. The van der Waals surface area contributed by atoms with Crippen molar-refractivity contribution in [3.05, 3.63) is 17.8 Å². The standard InChI is InChI=1S/C10H18N4/c1-8(6-11)7-14(3)10-5-4-9(2)12-13-10/h4-5,8H,6-7,11H2,1-3H3. The molecule has 2 N–H and O–H groups in total. The molecule has 1 atom stereocenters. The van der Waals surface area contributed by atoms with Gasteiger partial charge in [-0.25, -0.2) is 0 Å². The largest absolute Gasteiger partial charge is 0.358 e. The van der Waals surface area contributed by atoms with Crippen LogP contribution in [0.4, 0.5) is 5.82 Å². The number of aromatic nitrogens is 2. The Labute approximate surface area is 85.1 Å². The van der Waals surface area contributed by atoms with E-state index in [1.165, 1.54) is 0 Å². The zero-order valence-corrected chi connectivity index (χ0v) is 9.07. The monoisotopic (exact) mass is 194 g/mol. The number of hydrogen-bond acceptors (Lipinski definition) is 4. The number of nitrogens with zero attached hydrogens (tertiary/aromatic N) is 3. The Hall–Kier alpha value is -1.16. The number of hydrogen-bond donors (Lipinski definition) is 1. The van der Waals surface area contributed by atoms with Crippen LogP contribution in [0.2, 0.25) is 0 Å². The maximum atomic E-state index is 5.56. The zero-order valence-electron chi connectivity index (χ0n) is 9.07. The molecule has 0 aromatic carbocycles. The molecule has 0 aliphatic heterocycles. The molecular formula is C10H18N4. The molecule has 78 valence electrons. The van der Waals surface area contributed by atoms with Gasteiger partial charge < -0.3 is 10.6 Å². The molecular weight excluding hydrogens is 176 g/mol. The molecule has 0 aliphatic carbocycles. The van der Waals surface area contributed by atoms with E-state index in [1.807, 2.05) is 26.1 Å². The van der Waals surface area contributed by atoms with E-state index >= 15 is 0 Å². The average molecular weight is 194 g/mol. The summed E-state index contributed by atoms with van der Waals surface area (Å²) in [4.78, 5) is 2.07. The SMILES string of the molecule is Cc1ccc(N(C)CC(C)CN)nn1. The van der Waals surface area contributed by atoms with Gasteiger partial charge in [0.25, 0.3) is 0 Å². The summed E-state index contributed by atoms with van der Waals surface area (Å²) in [5, 5.41) is 8.11. The predicted octanol–water partition coefficient (Wildman–Crippen LogP) is 0.816. The molecule has 0 radical (unpaired) electrons. The molecule has 1 unspecified atom stereocenters. The first-order valence-corrected chi connectivity index (χ1v) is 4.85. The van der Waals surface area contributed by atoms with Crippen LogP contribution in [0.1, 0.15) is 12.6 Å². The van der Waals surface area contributed by atoms with Gasteiger partial charge in [-0.15, -0.1) is 5.10 Å². The third-order valence-electron chi connectivity index (χ3n) is 2.16. The summed E-state index contributed by atoms with van der Waals surface area (Å²) in [7, 11) is 2.01. The van der Waals surface area contributed by atoms with Gasteiger partial charge in [0.15, 0.2) is 5.82 Å². The van der Waals surface area contributed by atoms with Crippen LogP contribution in [0.5, 0.6) is 0 Å². The first kappa shape index (κ1) is 10.9. The fourth-order valence-electron chi connectivity index (χ4n) is 1.23. The minimum absolute atomic E-state index is 0.475. The summed E-state index contributed by atoms with van der Waals surface area (Å²) in [5.41, 5.74) is 6.50. The molecule has 1 rings (SSSR count). The first-order valence-electron chi connectivity index (χ1n) is 4.85. The lowest BCUT2D eigenvalue weighted by Crippen LogP contribution is -2.28. The van der Waals surface area contributed by atoms with Gasteiger partial charge in [-0.05, 0) is 31.5 Å². The van der Waals surface area contributed by atoms with E-state index in [0.29, 0.717) is 12.5 Å². The maximum Gasteiger partial charge on any atom is 0.150 e. The van der Waals surface area contributed by atoms with Crippen LogP contribution >= 0.6 is 0 Å². The molecule has 1 heterocycles. The molecule has 0 saturated carbocycles. The van der Waals surface area contributed by atoms with Crippen LogP contribution in [0, 0.1) is 12.8 Å². The molecule has 0 amide bonds. The minimum atomic E-state index is 0.475. The van der Waals surface area contributed by atoms with Crippen LogP contribution in [0.3, 0.4) is 0 Å². The highest BCUT2D eigenvalue weighted by atomic mass is 15.2. The molecule has 4 nitrogen and oxygen atoms in total. The average Bonchev–Trinajstić information content (AvgIpc) is 2.18. The van der Waals surface area contributed by atoms with Crippen LogP contribution in [-0.2, 0) is 0 Å². The topological polar surface area (TPSA) is 55.0 Å². The fourth-order valence-corrected chi connectivity index (χ4v) is 1.23. The van der Waals surface area contributed by atoms with Crippen LogP contribution in [0.25, 0.3) is 0 Å². The Morgan fingerprint density at radius 3 is 2.64 bits per heavy atom. The van der Waals surface area contributed by atoms with Gasteiger partial charge >= 0.3 is 0 Å². The molecule has 0 spiro atoms. The third kappa shape index (κ3) is 2.96. The van der Waals surface area contributed by atoms with Gasteiger partial charge in [-0.3, -0.25) is 0 Å². The summed E-state index contributed by atoms with van der Waals surface area (Å²) >= 11 is 0. The van der Waals surface area contributed by atoms with Crippen molar-refractivity contribution in [2.24, 2.45) is 11.7 Å². The lowest BCUT2D eigenvalue weighted by Gasteiger charge is -2.20. The highest BCUT2D eigenvalue weighted by Crippen LogP contribution is 2.08. The van der Waals surface area contributed by atoms with Crippen LogP contribution in [-0.4, -0.2) is 30.3 Å². The molecule has 14 heavy (non-hydrogen) atoms. The van der Waals surface area contributed by atoms with Gasteiger partial charge in [0, 0.05) is 13.6 Å². The van der Waals surface area contributed by atoms with Gasteiger partial charge in [0.05, 0.1) is 5.69 Å². The second-order valence-electron chi connectivity index (χ2n) is 3.75. The van der Waals surface area contributed by atoms with Gasteiger partial charge in [0.1, 0.15) is 0 Å². The highest BCUT2D eigenvalue weighted by molar-refractivity contribution is 5.35. The van der Waals surface area contributed by atoms with E-state index in [9.17, 15) is 0 Å². The smallest absolute Gasteiger partial charge is 0.150 e. The highest BCUT2D eigenvalue weighted by Gasteiger charge is 2.06. The lowest BCUT2D eigenvalue weighted by molar-refractivity contribution is 0.586. The number of anilines is 1. The molecule has 1 aromatic heterocycles. The summed E-state index contributed by atoms with van der Waals surface area (Å²) < 4.78 is 0. The summed E-state index contributed by atoms with van der Waals surface area (Å²) in [6.45, 7) is 5.66. The van der Waals surface area contributed by atoms with Crippen molar-refractivity contribution in [1.29, 1.82) is 0 Å². The quantitative estimate of drug-likeness (QED) is 0.771. The molecule has 0 saturated heterocycles. The Kier molecular flexibility index (Phi) is 3.83. The Morgan fingerprint density at radius 1 is 1.43 bits per heavy atom. The van der Waals surface area contributed by atoms with Crippen molar-refractivity contribution in [2.75, 3.05) is 25.0 Å². The van der Waals surface area contributed by atoms with E-state index in [4.69, 9.17) is 5.73 Å². The molecule has 1 aromatic rings. The Balaban J connectivity index is 2.60. The van der Waals surface area contributed by atoms with Gasteiger partial charge in [-0.1, -0.05) is 6.92 Å². The number of nitrogens with two attached hydrogens (primary N) is 1. The second-order valence-corrected chi connectivity index (χ2v) is 3.75. The molecule has 0 aliphatic rings. The van der Waals surface area contributed by atoms with Gasteiger partial charge in [0.2, 0.25) is 0 Å². The van der Waals surface area contributed by atoms with Crippen molar-refractivity contribution in [3.63, 3.8) is 0 Å². The zero-order chi connectivity index (χ0) is 10.6. The normalized spacial score (nSPS) is 12.6. The molecule has 0 bridgehead atoms. The van der Waals surface area contributed by atoms with Crippen molar-refractivity contribution >= 4 is 5.82 Å². The molecule has 0 fully saturated rings. The first-order chi connectivity index (χ1) is 6.63. The summed E-state index contributed by atoms with van der Waals surface area (Å²) in [6, 6.07) is 3.94. The van der Waals surface area contributed by atoms with E-state index in [1.54, 1.807) is 0 Å². The van der Waals surface area contributed by atoms with Crippen molar-refractivity contribution in [3.8, 4) is 0 Å². The summed E-state index contributed by atoms with van der Waals surface area (Å²) in [6.07, 6.45) is 0. The third-order valence-corrected chi connectivity index (χ3v) is 2.16. The fraction of sp³-hybridized carbons (Fsp3) is 0.600. The number of aryl methyl sites for hydroxylation is 1. The number of rotatable bonds is 4. The van der Waals surface area contributed by atoms with E-state index in [2.05, 4.69) is 22.0 Å². The van der Waals surface area contributed by atoms with Crippen LogP contribution in [0.15, 0.2) is 12.1 Å².